The van der Waals surface area contributed by atoms with Crippen molar-refractivity contribution < 1.29 is 9.21 Å². The quantitative estimate of drug-likeness (QED) is 0.907. The Kier molecular flexibility index (Phi) is 4.41. The molecule has 118 valence electrons. The summed E-state index contributed by atoms with van der Waals surface area (Å²) < 4.78 is 5.73. The van der Waals surface area contributed by atoms with Crippen LogP contribution >= 0.6 is 11.6 Å². The third kappa shape index (κ3) is 2.73. The molecule has 1 aliphatic carbocycles. The largest absolute Gasteiger partial charge is 0.449 e. The Morgan fingerprint density at radius 3 is 2.91 bits per heavy atom. The molecule has 0 aliphatic heterocycles. The highest BCUT2D eigenvalue weighted by molar-refractivity contribution is 6.35. The number of hydrogen-bond acceptors (Lipinski definition) is 3. The highest BCUT2D eigenvalue weighted by atomic mass is 35.5. The van der Waals surface area contributed by atoms with Gasteiger partial charge >= 0.3 is 0 Å². The van der Waals surface area contributed by atoms with E-state index < -0.39 is 0 Å². The number of halogens is 1. The second-order valence-electron chi connectivity index (χ2n) is 6.03. The Bertz CT molecular complexity index is 695. The molecule has 1 amide bonds. The second-order valence-corrected chi connectivity index (χ2v) is 6.44. The van der Waals surface area contributed by atoms with Gasteiger partial charge in [-0.3, -0.25) is 4.79 Å². The maximum absolute atomic E-state index is 12.6. The zero-order valence-electron chi connectivity index (χ0n) is 12.7. The van der Waals surface area contributed by atoms with E-state index in [2.05, 4.69) is 5.32 Å². The van der Waals surface area contributed by atoms with E-state index in [1.54, 1.807) is 6.07 Å². The van der Waals surface area contributed by atoms with Gasteiger partial charge in [-0.25, -0.2) is 0 Å². The van der Waals surface area contributed by atoms with Crippen molar-refractivity contribution in [1.29, 1.82) is 0 Å². The lowest BCUT2D eigenvalue weighted by molar-refractivity contribution is 0.0881. The summed E-state index contributed by atoms with van der Waals surface area (Å²) in [5.74, 6) is 0.533. The number of fused-ring (bicyclic) bond motifs is 1. The molecule has 3 rings (SSSR count). The van der Waals surface area contributed by atoms with E-state index in [1.165, 1.54) is 6.42 Å². The lowest BCUT2D eigenvalue weighted by Gasteiger charge is -2.31. The van der Waals surface area contributed by atoms with E-state index in [4.69, 9.17) is 21.8 Å². The number of carbonyl (C=O) groups is 1. The van der Waals surface area contributed by atoms with Crippen LogP contribution in [-0.4, -0.2) is 18.5 Å². The Morgan fingerprint density at radius 2 is 2.18 bits per heavy atom. The van der Waals surface area contributed by atoms with E-state index in [1.807, 2.05) is 19.1 Å². The van der Waals surface area contributed by atoms with Gasteiger partial charge in [0.2, 0.25) is 0 Å². The van der Waals surface area contributed by atoms with Crippen LogP contribution in [0.1, 0.15) is 41.8 Å². The maximum Gasteiger partial charge on any atom is 0.287 e. The van der Waals surface area contributed by atoms with Crippen LogP contribution in [0.25, 0.3) is 11.0 Å². The molecular weight excluding hydrogens is 300 g/mol. The predicted octanol–water partition coefficient (Wildman–Crippen LogP) is 3.64. The third-order valence-electron chi connectivity index (χ3n) is 4.65. The van der Waals surface area contributed by atoms with Crippen molar-refractivity contribution in [2.75, 3.05) is 6.54 Å². The van der Waals surface area contributed by atoms with Crippen molar-refractivity contribution in [3.8, 4) is 0 Å². The van der Waals surface area contributed by atoms with Gasteiger partial charge in [-0.1, -0.05) is 36.6 Å². The number of nitrogens with two attached hydrogens (primary N) is 1. The van der Waals surface area contributed by atoms with Gasteiger partial charge in [-0.05, 0) is 38.3 Å². The monoisotopic (exact) mass is 320 g/mol. The Balaban J connectivity index is 1.86. The Hall–Kier alpha value is -1.52. The summed E-state index contributed by atoms with van der Waals surface area (Å²) in [5, 5.41) is 4.51. The number of amides is 1. The van der Waals surface area contributed by atoms with Crippen molar-refractivity contribution in [3.63, 3.8) is 0 Å². The molecule has 1 aromatic heterocycles. The molecule has 0 spiro atoms. The van der Waals surface area contributed by atoms with Crippen molar-refractivity contribution in [1.82, 2.24) is 5.32 Å². The smallest absolute Gasteiger partial charge is 0.287 e. The molecule has 1 heterocycles. The second kappa shape index (κ2) is 6.31. The summed E-state index contributed by atoms with van der Waals surface area (Å²) in [7, 11) is 0. The van der Waals surface area contributed by atoms with Crippen LogP contribution in [0, 0.1) is 12.8 Å². The fourth-order valence-corrected chi connectivity index (χ4v) is 3.55. The van der Waals surface area contributed by atoms with E-state index in [0.717, 1.165) is 30.2 Å². The lowest BCUT2D eigenvalue weighted by atomic mass is 9.84. The maximum atomic E-state index is 12.6. The van der Waals surface area contributed by atoms with Crippen LogP contribution in [0.4, 0.5) is 0 Å². The number of aryl methyl sites for hydroxylation is 1. The van der Waals surface area contributed by atoms with Crippen LogP contribution in [0.15, 0.2) is 22.6 Å². The van der Waals surface area contributed by atoms with Crippen molar-refractivity contribution in [3.05, 3.63) is 34.5 Å². The van der Waals surface area contributed by atoms with Gasteiger partial charge in [0.05, 0.1) is 5.02 Å². The first-order chi connectivity index (χ1) is 10.6. The predicted molar refractivity (Wildman–Crippen MR) is 88.2 cm³/mol. The molecule has 5 heteroatoms. The molecule has 3 N–H and O–H groups in total. The number of benzene rings is 1. The van der Waals surface area contributed by atoms with E-state index in [9.17, 15) is 4.79 Å². The zero-order chi connectivity index (χ0) is 15.7. The third-order valence-corrected chi connectivity index (χ3v) is 4.95. The molecule has 1 aromatic carbocycles. The Morgan fingerprint density at radius 1 is 1.41 bits per heavy atom. The highest BCUT2D eigenvalue weighted by Crippen LogP contribution is 2.31. The van der Waals surface area contributed by atoms with Crippen LogP contribution in [0.2, 0.25) is 5.02 Å². The average molecular weight is 321 g/mol. The first-order valence-corrected chi connectivity index (χ1v) is 8.18. The number of carbonyl (C=O) groups excluding carboxylic acids is 1. The number of para-hydroxylation sites is 1. The molecule has 2 unspecified atom stereocenters. The van der Waals surface area contributed by atoms with Gasteiger partial charge in [-0.15, -0.1) is 0 Å². The highest BCUT2D eigenvalue weighted by Gasteiger charge is 2.27. The summed E-state index contributed by atoms with van der Waals surface area (Å²) in [6.07, 6.45) is 4.37. The van der Waals surface area contributed by atoms with Gasteiger partial charge in [0.15, 0.2) is 11.3 Å². The molecule has 1 saturated carbocycles. The first kappa shape index (κ1) is 15.4. The minimum atomic E-state index is -0.171. The molecular formula is C17H21ClN2O2. The molecule has 0 bridgehead atoms. The lowest BCUT2D eigenvalue weighted by Crippen LogP contribution is -2.44. The van der Waals surface area contributed by atoms with E-state index in [-0.39, 0.29) is 11.9 Å². The standard InChI is InChI=1S/C17H21ClN2O2/c1-10-12-6-4-7-13(18)16(12)22-15(10)17(21)20-14-8-3-2-5-11(14)9-19/h4,6-7,11,14H,2-3,5,8-9,19H2,1H3,(H,20,21). The fraction of sp³-hybridized carbons (Fsp3) is 0.471. The summed E-state index contributed by atoms with van der Waals surface area (Å²) in [6, 6.07) is 5.68. The molecule has 1 aliphatic rings. The van der Waals surface area contributed by atoms with Crippen molar-refractivity contribution >= 4 is 28.5 Å². The van der Waals surface area contributed by atoms with Crippen LogP contribution in [0.3, 0.4) is 0 Å². The fourth-order valence-electron chi connectivity index (χ4n) is 3.34. The summed E-state index contributed by atoms with van der Waals surface area (Å²) in [6.45, 7) is 2.49. The van der Waals surface area contributed by atoms with Crippen LogP contribution in [0.5, 0.6) is 0 Å². The normalized spacial score (nSPS) is 22.0. The molecule has 0 radical (unpaired) electrons. The van der Waals surface area contributed by atoms with Crippen LogP contribution < -0.4 is 11.1 Å². The molecule has 1 fully saturated rings. The van der Waals surface area contributed by atoms with Gasteiger partial charge in [0.1, 0.15) is 0 Å². The molecule has 2 aromatic rings. The summed E-state index contributed by atoms with van der Waals surface area (Å²) in [4.78, 5) is 12.6. The van der Waals surface area contributed by atoms with E-state index in [0.29, 0.717) is 28.8 Å². The minimum Gasteiger partial charge on any atom is -0.449 e. The zero-order valence-corrected chi connectivity index (χ0v) is 13.5. The van der Waals surface area contributed by atoms with Gasteiger partial charge < -0.3 is 15.5 Å². The molecule has 4 nitrogen and oxygen atoms in total. The van der Waals surface area contributed by atoms with Crippen molar-refractivity contribution in [2.24, 2.45) is 11.7 Å². The average Bonchev–Trinajstić information content (AvgIpc) is 2.87. The molecule has 2 atom stereocenters. The summed E-state index contributed by atoms with van der Waals surface area (Å²) >= 11 is 6.14. The first-order valence-electron chi connectivity index (χ1n) is 7.80. The number of rotatable bonds is 3. The number of hydrogen-bond donors (Lipinski definition) is 2. The SMILES string of the molecule is Cc1c(C(=O)NC2CCCCC2CN)oc2c(Cl)cccc12. The Labute approximate surface area is 135 Å². The number of nitrogens with one attached hydrogen (secondary N) is 1. The van der Waals surface area contributed by atoms with Gasteiger partial charge in [0, 0.05) is 17.0 Å². The van der Waals surface area contributed by atoms with Crippen molar-refractivity contribution in [2.45, 2.75) is 38.6 Å². The topological polar surface area (TPSA) is 68.3 Å². The van der Waals surface area contributed by atoms with Gasteiger partial charge in [-0.2, -0.15) is 0 Å². The summed E-state index contributed by atoms with van der Waals surface area (Å²) in [5.41, 5.74) is 7.23. The molecule has 22 heavy (non-hydrogen) atoms. The molecule has 0 saturated heterocycles. The number of furan rings is 1. The van der Waals surface area contributed by atoms with Crippen LogP contribution in [-0.2, 0) is 0 Å². The van der Waals surface area contributed by atoms with Gasteiger partial charge in [0.25, 0.3) is 5.91 Å². The van der Waals surface area contributed by atoms with E-state index >= 15 is 0 Å². The minimum absolute atomic E-state index is 0.134.